The van der Waals surface area contributed by atoms with E-state index in [-0.39, 0.29) is 16.5 Å². The van der Waals surface area contributed by atoms with E-state index in [0.717, 1.165) is 18.4 Å². The van der Waals surface area contributed by atoms with Crippen LogP contribution in [0.15, 0.2) is 60.3 Å². The molecule has 31 heavy (non-hydrogen) atoms. The maximum Gasteiger partial charge on any atom is 0.271 e. The van der Waals surface area contributed by atoms with E-state index in [2.05, 4.69) is 27.2 Å². The topological polar surface area (TPSA) is 110 Å². The van der Waals surface area contributed by atoms with Crippen LogP contribution >= 0.6 is 0 Å². The summed E-state index contributed by atoms with van der Waals surface area (Å²) in [5.74, 6) is 0.509. The Morgan fingerprint density at radius 1 is 1.23 bits per heavy atom. The lowest BCUT2D eigenvalue weighted by atomic mass is 10.0. The maximum absolute atomic E-state index is 12.9. The summed E-state index contributed by atoms with van der Waals surface area (Å²) in [4.78, 5) is 24.9. The summed E-state index contributed by atoms with van der Waals surface area (Å²) < 4.78 is 28.9. The minimum atomic E-state index is -3.56. The third-order valence-corrected chi connectivity index (χ3v) is 7.08. The quantitative estimate of drug-likeness (QED) is 0.628. The minimum Gasteiger partial charge on any atom is -0.347 e. The number of sulfonamides is 1. The summed E-state index contributed by atoms with van der Waals surface area (Å²) in [5, 5.41) is 2.79. The largest absolute Gasteiger partial charge is 0.347 e. The van der Waals surface area contributed by atoms with Crippen molar-refractivity contribution in [2.45, 2.75) is 31.2 Å². The van der Waals surface area contributed by atoms with Gasteiger partial charge in [-0.1, -0.05) is 13.0 Å². The Labute approximate surface area is 181 Å². The molecule has 3 aromatic heterocycles. The van der Waals surface area contributed by atoms with Crippen LogP contribution in [0, 0.1) is 5.92 Å². The molecule has 1 saturated heterocycles. The number of hydrogen-bond acceptors (Lipinski definition) is 6. The Morgan fingerprint density at radius 3 is 2.81 bits per heavy atom. The van der Waals surface area contributed by atoms with Gasteiger partial charge in [-0.2, -0.15) is 4.31 Å². The molecule has 0 saturated carbocycles. The van der Waals surface area contributed by atoms with Crippen LogP contribution in [0.3, 0.4) is 0 Å². The summed E-state index contributed by atoms with van der Waals surface area (Å²) in [6.07, 6.45) is 9.65. The Kier molecular flexibility index (Phi) is 6.10. The van der Waals surface area contributed by atoms with Gasteiger partial charge in [0.2, 0.25) is 10.0 Å². The van der Waals surface area contributed by atoms with E-state index in [1.54, 1.807) is 41.4 Å². The summed E-state index contributed by atoms with van der Waals surface area (Å²) in [6.45, 7) is 3.47. The molecule has 0 bridgehead atoms. The van der Waals surface area contributed by atoms with Crippen LogP contribution in [0.4, 0.5) is 0 Å². The lowest BCUT2D eigenvalue weighted by Gasteiger charge is -2.29. The van der Waals surface area contributed by atoms with Crippen molar-refractivity contribution in [2.75, 3.05) is 13.1 Å². The van der Waals surface area contributed by atoms with Gasteiger partial charge in [0.05, 0.1) is 0 Å². The van der Waals surface area contributed by atoms with Gasteiger partial charge in [0.15, 0.2) is 0 Å². The first kappa shape index (κ1) is 21.1. The molecule has 10 heteroatoms. The first-order chi connectivity index (χ1) is 14.9. The number of hydrogen-bond donors (Lipinski definition) is 1. The van der Waals surface area contributed by atoms with Gasteiger partial charge in [0, 0.05) is 44.4 Å². The molecule has 9 nitrogen and oxygen atoms in total. The second-order valence-electron chi connectivity index (χ2n) is 7.67. The van der Waals surface area contributed by atoms with Crippen LogP contribution in [0.5, 0.6) is 0 Å². The number of amides is 1. The van der Waals surface area contributed by atoms with Crippen molar-refractivity contribution < 1.29 is 13.2 Å². The molecular formula is C21H24N6O3S. The predicted octanol–water partition coefficient (Wildman–Crippen LogP) is 2.01. The molecule has 1 aliphatic heterocycles. The molecule has 0 spiro atoms. The Balaban J connectivity index is 1.44. The van der Waals surface area contributed by atoms with Crippen LogP contribution < -0.4 is 5.32 Å². The molecule has 1 unspecified atom stereocenters. The zero-order valence-corrected chi connectivity index (χ0v) is 18.0. The average molecular weight is 441 g/mol. The van der Waals surface area contributed by atoms with Gasteiger partial charge >= 0.3 is 0 Å². The van der Waals surface area contributed by atoms with Crippen LogP contribution in [0.25, 0.3) is 5.82 Å². The molecule has 0 radical (unpaired) electrons. The van der Waals surface area contributed by atoms with Gasteiger partial charge < -0.3 is 5.32 Å². The third kappa shape index (κ3) is 4.80. The lowest BCUT2D eigenvalue weighted by Crippen LogP contribution is -2.39. The number of rotatable bonds is 6. The smallest absolute Gasteiger partial charge is 0.271 e. The first-order valence-corrected chi connectivity index (χ1v) is 11.5. The van der Waals surface area contributed by atoms with Crippen molar-refractivity contribution in [1.82, 2.24) is 29.1 Å². The van der Waals surface area contributed by atoms with Crippen molar-refractivity contribution in [3.63, 3.8) is 0 Å². The number of carbonyl (C=O) groups excluding carboxylic acids is 1. The number of carbonyl (C=O) groups is 1. The first-order valence-electron chi connectivity index (χ1n) is 10.1. The van der Waals surface area contributed by atoms with E-state index in [9.17, 15) is 13.2 Å². The predicted molar refractivity (Wildman–Crippen MR) is 114 cm³/mol. The van der Waals surface area contributed by atoms with Gasteiger partial charge in [-0.15, -0.1) is 0 Å². The van der Waals surface area contributed by atoms with Crippen LogP contribution in [0.2, 0.25) is 0 Å². The fraction of sp³-hybridized carbons (Fsp3) is 0.333. The highest BCUT2D eigenvalue weighted by Crippen LogP contribution is 2.23. The second kappa shape index (κ2) is 8.94. The van der Waals surface area contributed by atoms with Gasteiger partial charge in [-0.3, -0.25) is 14.3 Å². The molecule has 4 rings (SSSR count). The van der Waals surface area contributed by atoms with E-state index in [1.807, 2.05) is 6.07 Å². The zero-order valence-electron chi connectivity index (χ0n) is 17.2. The molecular weight excluding hydrogens is 416 g/mol. The number of pyridine rings is 2. The van der Waals surface area contributed by atoms with Crippen LogP contribution in [-0.2, 0) is 16.6 Å². The summed E-state index contributed by atoms with van der Waals surface area (Å²) in [5.41, 5.74) is 1.13. The van der Waals surface area contributed by atoms with E-state index in [1.165, 1.54) is 16.8 Å². The van der Waals surface area contributed by atoms with Gasteiger partial charge in [0.25, 0.3) is 5.91 Å². The molecule has 1 amide bonds. The molecule has 4 heterocycles. The number of aromatic nitrogens is 4. The normalized spacial score (nSPS) is 17.4. The van der Waals surface area contributed by atoms with E-state index in [0.29, 0.717) is 31.4 Å². The van der Waals surface area contributed by atoms with Crippen molar-refractivity contribution in [3.8, 4) is 5.82 Å². The van der Waals surface area contributed by atoms with E-state index in [4.69, 9.17) is 0 Å². The van der Waals surface area contributed by atoms with Gasteiger partial charge in [-0.05, 0) is 42.5 Å². The molecule has 1 aliphatic rings. The van der Waals surface area contributed by atoms with Crippen molar-refractivity contribution in [3.05, 3.63) is 66.6 Å². The van der Waals surface area contributed by atoms with Crippen LogP contribution in [-0.4, -0.2) is 51.2 Å². The number of nitrogens with one attached hydrogen (secondary N) is 1. The monoisotopic (exact) mass is 440 g/mol. The van der Waals surface area contributed by atoms with Crippen molar-refractivity contribution in [2.24, 2.45) is 5.92 Å². The number of piperidine rings is 1. The summed E-state index contributed by atoms with van der Waals surface area (Å²) in [7, 11) is -3.56. The highest BCUT2D eigenvalue weighted by atomic mass is 32.2. The minimum absolute atomic E-state index is 0.167. The number of nitrogens with zero attached hydrogens (tertiary/aromatic N) is 5. The molecule has 162 valence electrons. The number of imidazole rings is 1. The Hall–Kier alpha value is -3.11. The molecule has 1 atom stereocenters. The highest BCUT2D eigenvalue weighted by Gasteiger charge is 2.28. The van der Waals surface area contributed by atoms with E-state index >= 15 is 0 Å². The lowest BCUT2D eigenvalue weighted by molar-refractivity contribution is 0.0946. The maximum atomic E-state index is 12.9. The van der Waals surface area contributed by atoms with E-state index < -0.39 is 10.0 Å². The molecule has 1 fully saturated rings. The summed E-state index contributed by atoms with van der Waals surface area (Å²) in [6, 6.07) is 6.83. The average Bonchev–Trinajstić information content (AvgIpc) is 3.29. The fourth-order valence-electron chi connectivity index (χ4n) is 3.53. The van der Waals surface area contributed by atoms with Gasteiger partial charge in [0.1, 0.15) is 22.7 Å². The van der Waals surface area contributed by atoms with Crippen LogP contribution in [0.1, 0.15) is 35.8 Å². The SMILES string of the molecule is CC1CCCN(S(=O)(=O)c2ccc(-n3cnc(C(=O)NCc4cccnc4)c3)nc2)C1. The molecule has 0 aromatic carbocycles. The Bertz CT molecular complexity index is 1150. The zero-order chi connectivity index (χ0) is 21.8. The third-order valence-electron chi connectivity index (χ3n) is 5.23. The molecule has 1 N–H and O–H groups in total. The molecule has 0 aliphatic carbocycles. The highest BCUT2D eigenvalue weighted by molar-refractivity contribution is 7.89. The second-order valence-corrected chi connectivity index (χ2v) is 9.61. The van der Waals surface area contributed by atoms with Crippen molar-refractivity contribution >= 4 is 15.9 Å². The van der Waals surface area contributed by atoms with Gasteiger partial charge in [-0.25, -0.2) is 18.4 Å². The fourth-order valence-corrected chi connectivity index (χ4v) is 5.08. The molecule has 3 aromatic rings. The summed E-state index contributed by atoms with van der Waals surface area (Å²) >= 11 is 0. The standard InChI is InChI=1S/C21H24N6O3S/c1-16-4-3-9-27(13-16)31(29,30)18-6-7-20(23-12-18)26-14-19(25-15-26)21(28)24-11-17-5-2-8-22-10-17/h2,5-8,10,12,14-16H,3-4,9,11,13H2,1H3,(H,24,28). The Morgan fingerprint density at radius 2 is 2.10 bits per heavy atom. The van der Waals surface area contributed by atoms with Crippen molar-refractivity contribution in [1.29, 1.82) is 0 Å².